The normalized spacial score (nSPS) is 27.8. The van der Waals surface area contributed by atoms with Gasteiger partial charge in [-0.3, -0.25) is 9.69 Å². The van der Waals surface area contributed by atoms with E-state index in [1.807, 2.05) is 4.90 Å². The zero-order chi connectivity index (χ0) is 12.1. The first kappa shape index (κ1) is 12.8. The van der Waals surface area contributed by atoms with Crippen LogP contribution < -0.4 is 5.32 Å². The minimum Gasteiger partial charge on any atom is -0.376 e. The van der Waals surface area contributed by atoms with Gasteiger partial charge in [0.2, 0.25) is 5.91 Å². The molecule has 2 heterocycles. The number of ether oxygens (including phenoxy) is 1. The Bertz CT molecular complexity index is 252. The Labute approximate surface area is 103 Å². The second-order valence-electron chi connectivity index (χ2n) is 4.90. The van der Waals surface area contributed by atoms with Crippen LogP contribution in [0.4, 0.5) is 0 Å². The summed E-state index contributed by atoms with van der Waals surface area (Å²) in [4.78, 5) is 16.3. The largest absolute Gasteiger partial charge is 0.376 e. The van der Waals surface area contributed by atoms with E-state index in [1.165, 1.54) is 0 Å². The molecule has 5 nitrogen and oxygen atoms in total. The zero-order valence-corrected chi connectivity index (χ0v) is 10.7. The Kier molecular flexibility index (Phi) is 4.76. The standard InChI is InChI=1S/C12H23N3O2/c1-11-9-14(7-8-17-11)10-12(16)15-5-2-3-13-4-6-15/h11,13H,2-10H2,1H3. The summed E-state index contributed by atoms with van der Waals surface area (Å²) in [5.74, 6) is 0.266. The molecule has 0 spiro atoms. The number of nitrogens with zero attached hydrogens (tertiary/aromatic N) is 2. The number of amides is 1. The zero-order valence-electron chi connectivity index (χ0n) is 10.7. The van der Waals surface area contributed by atoms with Crippen molar-refractivity contribution in [1.29, 1.82) is 0 Å². The van der Waals surface area contributed by atoms with E-state index < -0.39 is 0 Å². The van der Waals surface area contributed by atoms with Crippen molar-refractivity contribution in [2.75, 3.05) is 52.4 Å². The average Bonchev–Trinajstić information content (AvgIpc) is 2.57. The molecule has 0 aromatic rings. The summed E-state index contributed by atoms with van der Waals surface area (Å²) in [5, 5.41) is 3.32. The van der Waals surface area contributed by atoms with E-state index in [4.69, 9.17) is 4.74 Å². The van der Waals surface area contributed by atoms with E-state index in [2.05, 4.69) is 17.1 Å². The highest BCUT2D eigenvalue weighted by Crippen LogP contribution is 2.05. The van der Waals surface area contributed by atoms with Crippen LogP contribution in [-0.4, -0.2) is 74.2 Å². The van der Waals surface area contributed by atoms with Gasteiger partial charge in [-0.1, -0.05) is 0 Å². The Hall–Kier alpha value is -0.650. The van der Waals surface area contributed by atoms with Gasteiger partial charge in [0.05, 0.1) is 19.3 Å². The van der Waals surface area contributed by atoms with Crippen LogP contribution in [0.1, 0.15) is 13.3 Å². The summed E-state index contributed by atoms with van der Waals surface area (Å²) in [6, 6.07) is 0. The summed E-state index contributed by atoms with van der Waals surface area (Å²) < 4.78 is 5.48. The van der Waals surface area contributed by atoms with Crippen LogP contribution in [0.25, 0.3) is 0 Å². The molecule has 2 aliphatic rings. The van der Waals surface area contributed by atoms with Crippen LogP contribution in [0.15, 0.2) is 0 Å². The lowest BCUT2D eigenvalue weighted by Crippen LogP contribution is -2.47. The fourth-order valence-electron chi connectivity index (χ4n) is 2.42. The van der Waals surface area contributed by atoms with Crippen molar-refractivity contribution in [1.82, 2.24) is 15.1 Å². The van der Waals surface area contributed by atoms with E-state index >= 15 is 0 Å². The summed E-state index contributed by atoms with van der Waals surface area (Å²) in [7, 11) is 0. The van der Waals surface area contributed by atoms with E-state index in [1.54, 1.807) is 0 Å². The summed E-state index contributed by atoms with van der Waals surface area (Å²) >= 11 is 0. The van der Waals surface area contributed by atoms with Gasteiger partial charge in [-0.2, -0.15) is 0 Å². The molecule has 98 valence electrons. The summed E-state index contributed by atoms with van der Waals surface area (Å²) in [5.41, 5.74) is 0. The van der Waals surface area contributed by atoms with Gasteiger partial charge in [-0.05, 0) is 19.9 Å². The molecule has 2 rings (SSSR count). The van der Waals surface area contributed by atoms with Crippen molar-refractivity contribution in [2.45, 2.75) is 19.4 Å². The highest BCUT2D eigenvalue weighted by molar-refractivity contribution is 5.78. The number of hydrogen-bond donors (Lipinski definition) is 1. The lowest BCUT2D eigenvalue weighted by molar-refractivity contribution is -0.134. The molecule has 1 amide bonds. The molecular weight excluding hydrogens is 218 g/mol. The fourth-order valence-corrected chi connectivity index (χ4v) is 2.42. The SMILES string of the molecule is CC1CN(CC(=O)N2CCCNCC2)CCO1. The summed E-state index contributed by atoms with van der Waals surface area (Å²) in [6.45, 7) is 8.80. The van der Waals surface area contributed by atoms with Gasteiger partial charge in [0, 0.05) is 32.7 Å². The molecule has 17 heavy (non-hydrogen) atoms. The highest BCUT2D eigenvalue weighted by atomic mass is 16.5. The van der Waals surface area contributed by atoms with E-state index in [9.17, 15) is 4.79 Å². The quantitative estimate of drug-likeness (QED) is 0.710. The third-order valence-electron chi connectivity index (χ3n) is 3.38. The van der Waals surface area contributed by atoms with Crippen molar-refractivity contribution in [3.8, 4) is 0 Å². The second kappa shape index (κ2) is 6.33. The number of hydrogen-bond acceptors (Lipinski definition) is 4. The van der Waals surface area contributed by atoms with Gasteiger partial charge in [-0.25, -0.2) is 0 Å². The van der Waals surface area contributed by atoms with Gasteiger partial charge in [0.15, 0.2) is 0 Å². The van der Waals surface area contributed by atoms with Gasteiger partial charge in [0.25, 0.3) is 0 Å². The number of carbonyl (C=O) groups is 1. The predicted octanol–water partition coefficient (Wildman–Crippen LogP) is -0.471. The minimum absolute atomic E-state index is 0.252. The van der Waals surface area contributed by atoms with Crippen molar-refractivity contribution in [3.63, 3.8) is 0 Å². The van der Waals surface area contributed by atoms with Crippen LogP contribution in [0.5, 0.6) is 0 Å². The molecule has 5 heteroatoms. The Balaban J connectivity index is 1.78. The van der Waals surface area contributed by atoms with Crippen LogP contribution in [0.2, 0.25) is 0 Å². The molecule has 1 atom stereocenters. The van der Waals surface area contributed by atoms with Gasteiger partial charge < -0.3 is 15.0 Å². The van der Waals surface area contributed by atoms with Gasteiger partial charge in [0.1, 0.15) is 0 Å². The Morgan fingerprint density at radius 3 is 3.06 bits per heavy atom. The van der Waals surface area contributed by atoms with E-state index in [0.717, 1.165) is 52.3 Å². The molecule has 1 N–H and O–H groups in total. The molecule has 0 aliphatic carbocycles. The second-order valence-corrected chi connectivity index (χ2v) is 4.90. The van der Waals surface area contributed by atoms with Crippen molar-refractivity contribution < 1.29 is 9.53 Å². The molecule has 0 radical (unpaired) electrons. The molecule has 0 saturated carbocycles. The van der Waals surface area contributed by atoms with Crippen molar-refractivity contribution >= 4 is 5.91 Å². The van der Waals surface area contributed by atoms with Gasteiger partial charge >= 0.3 is 0 Å². The molecular formula is C12H23N3O2. The summed E-state index contributed by atoms with van der Waals surface area (Å²) in [6.07, 6.45) is 1.31. The maximum absolute atomic E-state index is 12.1. The maximum Gasteiger partial charge on any atom is 0.236 e. The minimum atomic E-state index is 0.252. The van der Waals surface area contributed by atoms with Crippen LogP contribution >= 0.6 is 0 Å². The number of rotatable bonds is 2. The number of morpholine rings is 1. The monoisotopic (exact) mass is 241 g/mol. The first-order chi connectivity index (χ1) is 8.25. The fraction of sp³-hybridized carbons (Fsp3) is 0.917. The smallest absolute Gasteiger partial charge is 0.236 e. The maximum atomic E-state index is 12.1. The lowest BCUT2D eigenvalue weighted by atomic mass is 10.3. The topological polar surface area (TPSA) is 44.8 Å². The molecule has 0 aromatic carbocycles. The lowest BCUT2D eigenvalue weighted by Gasteiger charge is -2.32. The van der Waals surface area contributed by atoms with Gasteiger partial charge in [-0.15, -0.1) is 0 Å². The average molecular weight is 241 g/mol. The molecule has 2 aliphatic heterocycles. The molecule has 1 unspecified atom stereocenters. The first-order valence-corrected chi connectivity index (χ1v) is 6.58. The first-order valence-electron chi connectivity index (χ1n) is 6.58. The molecule has 0 bridgehead atoms. The highest BCUT2D eigenvalue weighted by Gasteiger charge is 2.22. The van der Waals surface area contributed by atoms with Crippen molar-refractivity contribution in [3.05, 3.63) is 0 Å². The molecule has 2 fully saturated rings. The van der Waals surface area contributed by atoms with E-state index in [0.29, 0.717) is 6.54 Å². The van der Waals surface area contributed by atoms with Crippen LogP contribution in [-0.2, 0) is 9.53 Å². The predicted molar refractivity (Wildman–Crippen MR) is 65.9 cm³/mol. The number of nitrogens with one attached hydrogen (secondary N) is 1. The molecule has 2 saturated heterocycles. The Morgan fingerprint density at radius 1 is 1.35 bits per heavy atom. The van der Waals surface area contributed by atoms with Crippen LogP contribution in [0.3, 0.4) is 0 Å². The van der Waals surface area contributed by atoms with Crippen molar-refractivity contribution in [2.24, 2.45) is 0 Å². The van der Waals surface area contributed by atoms with Crippen LogP contribution in [0, 0.1) is 0 Å². The molecule has 0 aromatic heterocycles. The van der Waals surface area contributed by atoms with E-state index in [-0.39, 0.29) is 12.0 Å². The number of carbonyl (C=O) groups excluding carboxylic acids is 1. The third kappa shape index (κ3) is 3.94. The Morgan fingerprint density at radius 2 is 2.24 bits per heavy atom. The third-order valence-corrected chi connectivity index (χ3v) is 3.38.